The SMILES string of the molecule is CC(=O)OCC[C@@H]1CCOC(c2ccc(-c3nnn(C)c3COS(C)(=O)=O)nc2C)C1. The van der Waals surface area contributed by atoms with Crippen LogP contribution in [-0.4, -0.2) is 53.8 Å². The maximum Gasteiger partial charge on any atom is 0.302 e. The monoisotopic (exact) mass is 452 g/mol. The van der Waals surface area contributed by atoms with Gasteiger partial charge in [0.15, 0.2) is 0 Å². The quantitative estimate of drug-likeness (QED) is 0.437. The molecule has 0 radical (unpaired) electrons. The van der Waals surface area contributed by atoms with Crippen molar-refractivity contribution in [1.29, 1.82) is 0 Å². The summed E-state index contributed by atoms with van der Waals surface area (Å²) in [5.41, 5.74) is 3.39. The van der Waals surface area contributed by atoms with Crippen molar-refractivity contribution in [2.24, 2.45) is 13.0 Å². The molecule has 1 unspecified atom stereocenters. The smallest absolute Gasteiger partial charge is 0.302 e. The molecule has 31 heavy (non-hydrogen) atoms. The first-order valence-corrected chi connectivity index (χ1v) is 11.9. The van der Waals surface area contributed by atoms with Gasteiger partial charge >= 0.3 is 5.97 Å². The molecule has 3 rings (SSSR count). The van der Waals surface area contributed by atoms with Gasteiger partial charge in [-0.3, -0.25) is 14.0 Å². The second-order valence-corrected chi connectivity index (χ2v) is 9.37. The Bertz CT molecular complexity index is 1040. The molecule has 0 spiro atoms. The number of hydrogen-bond donors (Lipinski definition) is 0. The van der Waals surface area contributed by atoms with E-state index in [4.69, 9.17) is 13.7 Å². The Morgan fingerprint density at radius 1 is 1.35 bits per heavy atom. The Balaban J connectivity index is 1.74. The van der Waals surface area contributed by atoms with Gasteiger partial charge in [-0.05, 0) is 38.2 Å². The Morgan fingerprint density at radius 2 is 2.13 bits per heavy atom. The van der Waals surface area contributed by atoms with Gasteiger partial charge in [0.25, 0.3) is 10.1 Å². The summed E-state index contributed by atoms with van der Waals surface area (Å²) < 4.78 is 40.2. The van der Waals surface area contributed by atoms with E-state index in [1.54, 1.807) is 7.05 Å². The van der Waals surface area contributed by atoms with Gasteiger partial charge in [-0.25, -0.2) is 4.68 Å². The predicted octanol–water partition coefficient (Wildman–Crippen LogP) is 2.08. The van der Waals surface area contributed by atoms with E-state index in [1.165, 1.54) is 11.6 Å². The van der Waals surface area contributed by atoms with Crippen LogP contribution in [0.3, 0.4) is 0 Å². The number of carbonyl (C=O) groups is 1. The minimum absolute atomic E-state index is 0.0764. The summed E-state index contributed by atoms with van der Waals surface area (Å²) >= 11 is 0. The molecular weight excluding hydrogens is 424 g/mol. The molecule has 10 nitrogen and oxygen atoms in total. The number of rotatable bonds is 8. The number of ether oxygens (including phenoxy) is 2. The average molecular weight is 453 g/mol. The lowest BCUT2D eigenvalue weighted by Gasteiger charge is -2.30. The Morgan fingerprint density at radius 3 is 2.81 bits per heavy atom. The van der Waals surface area contributed by atoms with Crippen LogP contribution < -0.4 is 0 Å². The molecule has 1 fully saturated rings. The minimum atomic E-state index is -3.60. The van der Waals surface area contributed by atoms with Gasteiger partial charge in [0.2, 0.25) is 0 Å². The van der Waals surface area contributed by atoms with Crippen LogP contribution in [0.25, 0.3) is 11.4 Å². The first kappa shape index (κ1) is 23.3. The fraction of sp³-hybridized carbons (Fsp3) is 0.600. The number of esters is 1. The predicted molar refractivity (Wildman–Crippen MR) is 111 cm³/mol. The van der Waals surface area contributed by atoms with E-state index in [0.29, 0.717) is 36.2 Å². The maximum atomic E-state index is 11.4. The number of carbonyl (C=O) groups excluding carboxylic acids is 1. The highest BCUT2D eigenvalue weighted by Gasteiger charge is 2.26. The van der Waals surface area contributed by atoms with E-state index in [0.717, 1.165) is 36.8 Å². The summed E-state index contributed by atoms with van der Waals surface area (Å²) in [7, 11) is -1.92. The highest BCUT2D eigenvalue weighted by molar-refractivity contribution is 7.85. The number of pyridine rings is 1. The third-order valence-corrected chi connectivity index (χ3v) is 5.84. The Labute approximate surface area is 182 Å². The summed E-state index contributed by atoms with van der Waals surface area (Å²) in [4.78, 5) is 15.7. The van der Waals surface area contributed by atoms with Crippen molar-refractivity contribution >= 4 is 16.1 Å². The summed E-state index contributed by atoms with van der Waals surface area (Å²) in [6.07, 6.45) is 3.50. The van der Waals surface area contributed by atoms with Gasteiger partial charge in [-0.2, -0.15) is 8.42 Å². The van der Waals surface area contributed by atoms with Crippen molar-refractivity contribution in [3.8, 4) is 11.4 Å². The molecule has 0 aliphatic carbocycles. The molecule has 1 saturated heterocycles. The Hall–Kier alpha value is -2.37. The van der Waals surface area contributed by atoms with E-state index in [9.17, 15) is 13.2 Å². The molecule has 1 aliphatic rings. The molecule has 0 N–H and O–H groups in total. The minimum Gasteiger partial charge on any atom is -0.466 e. The van der Waals surface area contributed by atoms with Crippen LogP contribution in [0.4, 0.5) is 0 Å². The first-order valence-electron chi connectivity index (χ1n) is 10.1. The van der Waals surface area contributed by atoms with E-state index in [-0.39, 0.29) is 18.7 Å². The second kappa shape index (κ2) is 9.84. The molecule has 1 aliphatic heterocycles. The van der Waals surface area contributed by atoms with E-state index >= 15 is 0 Å². The maximum absolute atomic E-state index is 11.4. The van der Waals surface area contributed by atoms with Crippen molar-refractivity contribution in [2.75, 3.05) is 19.5 Å². The standard InChI is InChI=1S/C20H28N4O6S/c1-13-16(19-11-15(8-10-29-19)7-9-28-14(2)25)5-6-17(21-13)20-18(24(3)23-22-20)12-30-31(4,26)27/h5-6,15,19H,7-12H2,1-4H3/t15-,19?/m1/s1. The second-order valence-electron chi connectivity index (χ2n) is 7.72. The lowest BCUT2D eigenvalue weighted by Crippen LogP contribution is -2.22. The zero-order valence-electron chi connectivity index (χ0n) is 18.2. The van der Waals surface area contributed by atoms with Gasteiger partial charge in [0.05, 0.1) is 30.4 Å². The van der Waals surface area contributed by atoms with Crippen LogP contribution in [0.15, 0.2) is 12.1 Å². The van der Waals surface area contributed by atoms with Crippen LogP contribution in [0.5, 0.6) is 0 Å². The third-order valence-electron chi connectivity index (χ3n) is 5.29. The molecule has 3 heterocycles. The van der Waals surface area contributed by atoms with Crippen LogP contribution in [0.2, 0.25) is 0 Å². The Kier molecular flexibility index (Phi) is 7.39. The zero-order chi connectivity index (χ0) is 22.6. The molecule has 11 heteroatoms. The van der Waals surface area contributed by atoms with Crippen molar-refractivity contribution in [3.05, 3.63) is 29.1 Å². The molecule has 170 valence electrons. The number of aryl methyl sites for hydroxylation is 2. The van der Waals surface area contributed by atoms with E-state index < -0.39 is 10.1 Å². The fourth-order valence-electron chi connectivity index (χ4n) is 3.66. The highest BCUT2D eigenvalue weighted by Crippen LogP contribution is 2.35. The summed E-state index contributed by atoms with van der Waals surface area (Å²) in [6, 6.07) is 3.80. The molecule has 2 aromatic rings. The van der Waals surface area contributed by atoms with Gasteiger partial charge < -0.3 is 9.47 Å². The lowest BCUT2D eigenvalue weighted by molar-refractivity contribution is -0.141. The summed E-state index contributed by atoms with van der Waals surface area (Å²) in [5, 5.41) is 8.11. The molecule has 0 bridgehead atoms. The van der Waals surface area contributed by atoms with Gasteiger partial charge in [-0.1, -0.05) is 11.3 Å². The normalized spacial score (nSPS) is 19.4. The van der Waals surface area contributed by atoms with Crippen molar-refractivity contribution in [2.45, 2.75) is 45.8 Å². The number of hydrogen-bond acceptors (Lipinski definition) is 9. The van der Waals surface area contributed by atoms with E-state index in [2.05, 4.69) is 15.3 Å². The lowest BCUT2D eigenvalue weighted by atomic mass is 9.89. The van der Waals surface area contributed by atoms with E-state index in [1.807, 2.05) is 19.1 Å². The third kappa shape index (κ3) is 6.31. The molecule has 0 aromatic carbocycles. The zero-order valence-corrected chi connectivity index (χ0v) is 19.0. The van der Waals surface area contributed by atoms with Crippen LogP contribution in [-0.2, 0) is 42.2 Å². The largest absolute Gasteiger partial charge is 0.466 e. The van der Waals surface area contributed by atoms with Crippen LogP contribution in [0, 0.1) is 12.8 Å². The van der Waals surface area contributed by atoms with Gasteiger partial charge in [0.1, 0.15) is 12.3 Å². The van der Waals surface area contributed by atoms with Crippen LogP contribution in [0.1, 0.15) is 49.2 Å². The highest BCUT2D eigenvalue weighted by atomic mass is 32.2. The number of nitrogens with zero attached hydrogens (tertiary/aromatic N) is 4. The summed E-state index contributed by atoms with van der Waals surface area (Å²) in [5.74, 6) is 0.154. The fourth-order valence-corrected chi connectivity index (χ4v) is 3.98. The topological polar surface area (TPSA) is 123 Å². The number of aromatic nitrogens is 4. The molecule has 2 aromatic heterocycles. The van der Waals surface area contributed by atoms with Crippen molar-refractivity contribution in [1.82, 2.24) is 20.0 Å². The van der Waals surface area contributed by atoms with Crippen molar-refractivity contribution in [3.63, 3.8) is 0 Å². The molecule has 0 amide bonds. The first-order chi connectivity index (χ1) is 14.6. The van der Waals surface area contributed by atoms with Gasteiger partial charge in [0, 0.05) is 31.8 Å². The molecule has 0 saturated carbocycles. The molecular formula is C20H28N4O6S. The van der Waals surface area contributed by atoms with Gasteiger partial charge in [-0.15, -0.1) is 5.10 Å². The molecule has 2 atom stereocenters. The summed E-state index contributed by atoms with van der Waals surface area (Å²) in [6.45, 7) is 4.23. The van der Waals surface area contributed by atoms with Crippen LogP contribution >= 0.6 is 0 Å². The van der Waals surface area contributed by atoms with Crippen molar-refractivity contribution < 1.29 is 26.9 Å². The average Bonchev–Trinajstić information content (AvgIpc) is 3.06.